The summed E-state index contributed by atoms with van der Waals surface area (Å²) >= 11 is 5.24. The quantitative estimate of drug-likeness (QED) is 0.640. The van der Waals surface area contributed by atoms with Crippen molar-refractivity contribution in [2.45, 2.75) is 39.7 Å². The lowest BCUT2D eigenvalue weighted by Gasteiger charge is -2.14. The summed E-state index contributed by atoms with van der Waals surface area (Å²) < 4.78 is 11.3. The maximum atomic E-state index is 12.3. The average Bonchev–Trinajstić information content (AvgIpc) is 2.66. The summed E-state index contributed by atoms with van der Waals surface area (Å²) in [6, 6.07) is 14.5. The summed E-state index contributed by atoms with van der Waals surface area (Å²) in [5, 5.41) is 5.92. The molecule has 2 aromatic rings. The molecule has 0 radical (unpaired) electrons. The van der Waals surface area contributed by atoms with E-state index in [2.05, 4.69) is 17.6 Å². The fourth-order valence-corrected chi connectivity index (χ4v) is 2.43. The minimum atomic E-state index is -0.276. The van der Waals surface area contributed by atoms with E-state index >= 15 is 0 Å². The van der Waals surface area contributed by atoms with E-state index in [-0.39, 0.29) is 17.1 Å². The van der Waals surface area contributed by atoms with Crippen LogP contribution in [-0.4, -0.2) is 23.7 Å². The van der Waals surface area contributed by atoms with Crippen LogP contribution in [0.2, 0.25) is 0 Å². The van der Waals surface area contributed by atoms with E-state index in [0.717, 1.165) is 30.0 Å². The Morgan fingerprint density at radius 2 is 1.85 bits per heavy atom. The lowest BCUT2D eigenvalue weighted by atomic mass is 10.2. The van der Waals surface area contributed by atoms with E-state index in [0.29, 0.717) is 12.2 Å². The highest BCUT2D eigenvalue weighted by atomic mass is 32.1. The first kappa shape index (κ1) is 20.7. The maximum absolute atomic E-state index is 12.3. The Hall–Kier alpha value is -2.60. The van der Waals surface area contributed by atoms with Gasteiger partial charge in [0.15, 0.2) is 5.11 Å². The number of hydrogen-bond acceptors (Lipinski definition) is 4. The number of anilines is 1. The predicted octanol–water partition coefficient (Wildman–Crippen LogP) is 4.78. The van der Waals surface area contributed by atoms with Crippen LogP contribution in [0.4, 0.5) is 5.69 Å². The number of ether oxygens (including phenoxy) is 2. The Morgan fingerprint density at radius 1 is 1.11 bits per heavy atom. The maximum Gasteiger partial charge on any atom is 0.257 e. The molecule has 6 heteroatoms. The lowest BCUT2D eigenvalue weighted by Crippen LogP contribution is -2.34. The van der Waals surface area contributed by atoms with Crippen molar-refractivity contribution in [1.29, 1.82) is 0 Å². The molecule has 0 aliphatic rings. The molecule has 144 valence electrons. The van der Waals surface area contributed by atoms with E-state index in [1.54, 1.807) is 24.3 Å². The summed E-state index contributed by atoms with van der Waals surface area (Å²) in [5.74, 6) is 1.22. The van der Waals surface area contributed by atoms with Crippen LogP contribution >= 0.6 is 12.2 Å². The smallest absolute Gasteiger partial charge is 0.257 e. The van der Waals surface area contributed by atoms with Crippen LogP contribution in [0.5, 0.6) is 11.5 Å². The predicted molar refractivity (Wildman–Crippen MR) is 113 cm³/mol. The van der Waals surface area contributed by atoms with E-state index in [4.69, 9.17) is 21.7 Å². The zero-order valence-electron chi connectivity index (χ0n) is 16.0. The molecule has 0 aromatic heterocycles. The largest absolute Gasteiger partial charge is 0.494 e. The highest BCUT2D eigenvalue weighted by Crippen LogP contribution is 2.19. The molecular weight excluding hydrogens is 360 g/mol. The molecule has 0 fully saturated rings. The summed E-state index contributed by atoms with van der Waals surface area (Å²) in [7, 11) is 0. The molecule has 0 aliphatic heterocycles. The Labute approximate surface area is 166 Å². The SMILES string of the molecule is CCCOc1ccc(C(=O)NC(=S)Nc2cccc(OC(C)CC)c2)cc1. The van der Waals surface area contributed by atoms with Gasteiger partial charge in [0.2, 0.25) is 0 Å². The standard InChI is InChI=1S/C21H26N2O3S/c1-4-13-25-18-11-9-16(10-12-18)20(24)23-21(27)22-17-7-6-8-19(14-17)26-15(3)5-2/h6-12,14-15H,4-5,13H2,1-3H3,(H2,22,23,24,27). The summed E-state index contributed by atoms with van der Waals surface area (Å²) in [6.07, 6.45) is 2.00. The third-order valence-corrected chi connectivity index (χ3v) is 4.02. The Morgan fingerprint density at radius 3 is 2.52 bits per heavy atom. The third kappa shape index (κ3) is 6.90. The number of nitrogens with one attached hydrogen (secondary N) is 2. The molecule has 27 heavy (non-hydrogen) atoms. The molecule has 0 aliphatic carbocycles. The van der Waals surface area contributed by atoms with E-state index in [9.17, 15) is 4.79 Å². The van der Waals surface area contributed by atoms with Crippen molar-refractivity contribution in [1.82, 2.24) is 5.32 Å². The van der Waals surface area contributed by atoms with Crippen LogP contribution in [0.15, 0.2) is 48.5 Å². The molecule has 1 atom stereocenters. The molecule has 5 nitrogen and oxygen atoms in total. The van der Waals surface area contributed by atoms with Crippen LogP contribution in [0.1, 0.15) is 44.0 Å². The topological polar surface area (TPSA) is 59.6 Å². The van der Waals surface area contributed by atoms with Crippen LogP contribution in [-0.2, 0) is 0 Å². The number of thiocarbonyl (C=S) groups is 1. The van der Waals surface area contributed by atoms with Crippen LogP contribution < -0.4 is 20.1 Å². The van der Waals surface area contributed by atoms with Gasteiger partial charge >= 0.3 is 0 Å². The van der Waals surface area contributed by atoms with Crippen molar-refractivity contribution in [3.63, 3.8) is 0 Å². The highest BCUT2D eigenvalue weighted by molar-refractivity contribution is 7.80. The average molecular weight is 387 g/mol. The van der Waals surface area contributed by atoms with Crippen molar-refractivity contribution in [2.75, 3.05) is 11.9 Å². The van der Waals surface area contributed by atoms with Gasteiger partial charge in [-0.25, -0.2) is 0 Å². The zero-order chi connectivity index (χ0) is 19.6. The third-order valence-electron chi connectivity index (χ3n) is 3.82. The van der Waals surface area contributed by atoms with Gasteiger partial charge in [0.05, 0.1) is 12.7 Å². The molecule has 1 amide bonds. The summed E-state index contributed by atoms with van der Waals surface area (Å²) in [6.45, 7) is 6.78. The first-order chi connectivity index (χ1) is 13.0. The zero-order valence-corrected chi connectivity index (χ0v) is 16.8. The Bertz CT molecular complexity index is 762. The number of rotatable bonds is 8. The van der Waals surface area contributed by atoms with Gasteiger partial charge in [-0.15, -0.1) is 0 Å². The van der Waals surface area contributed by atoms with E-state index in [1.807, 2.05) is 38.1 Å². The number of carbonyl (C=O) groups is 1. The molecule has 2 rings (SSSR count). The monoisotopic (exact) mass is 386 g/mol. The number of hydrogen-bond donors (Lipinski definition) is 2. The van der Waals surface area contributed by atoms with Crippen molar-refractivity contribution in [3.05, 3.63) is 54.1 Å². The van der Waals surface area contributed by atoms with Gasteiger partial charge in [0.1, 0.15) is 11.5 Å². The second-order valence-electron chi connectivity index (χ2n) is 6.15. The van der Waals surface area contributed by atoms with Gasteiger partial charge in [-0.05, 0) is 68.4 Å². The minimum Gasteiger partial charge on any atom is -0.494 e. The van der Waals surface area contributed by atoms with Gasteiger partial charge in [-0.2, -0.15) is 0 Å². The van der Waals surface area contributed by atoms with E-state index < -0.39 is 0 Å². The molecule has 0 bridgehead atoms. The normalized spacial score (nSPS) is 11.4. The van der Waals surface area contributed by atoms with Crippen molar-refractivity contribution in [3.8, 4) is 11.5 Å². The van der Waals surface area contributed by atoms with Gasteiger partial charge in [0, 0.05) is 17.3 Å². The van der Waals surface area contributed by atoms with Crippen molar-refractivity contribution in [2.24, 2.45) is 0 Å². The fraction of sp³-hybridized carbons (Fsp3) is 0.333. The first-order valence-corrected chi connectivity index (χ1v) is 9.54. The van der Waals surface area contributed by atoms with Crippen LogP contribution in [0.3, 0.4) is 0 Å². The van der Waals surface area contributed by atoms with Gasteiger partial charge in [0.25, 0.3) is 5.91 Å². The summed E-state index contributed by atoms with van der Waals surface area (Å²) in [4.78, 5) is 12.3. The lowest BCUT2D eigenvalue weighted by molar-refractivity contribution is 0.0977. The van der Waals surface area contributed by atoms with Crippen molar-refractivity contribution < 1.29 is 14.3 Å². The molecule has 2 aromatic carbocycles. The van der Waals surface area contributed by atoms with Crippen molar-refractivity contribution >= 4 is 28.9 Å². The second-order valence-corrected chi connectivity index (χ2v) is 6.55. The fourth-order valence-electron chi connectivity index (χ4n) is 2.22. The summed E-state index contributed by atoms with van der Waals surface area (Å²) in [5.41, 5.74) is 1.27. The molecule has 0 spiro atoms. The Kier molecular flexibility index (Phi) is 8.07. The molecular formula is C21H26N2O3S. The Balaban J connectivity index is 1.91. The van der Waals surface area contributed by atoms with Gasteiger partial charge < -0.3 is 14.8 Å². The van der Waals surface area contributed by atoms with Gasteiger partial charge in [-0.1, -0.05) is 19.9 Å². The molecule has 0 saturated heterocycles. The highest BCUT2D eigenvalue weighted by Gasteiger charge is 2.09. The number of benzene rings is 2. The number of amides is 1. The van der Waals surface area contributed by atoms with E-state index in [1.165, 1.54) is 0 Å². The second kappa shape index (κ2) is 10.5. The van der Waals surface area contributed by atoms with Crippen LogP contribution in [0.25, 0.3) is 0 Å². The minimum absolute atomic E-state index is 0.135. The number of carbonyl (C=O) groups excluding carboxylic acids is 1. The van der Waals surface area contributed by atoms with Gasteiger partial charge in [-0.3, -0.25) is 10.1 Å². The molecule has 2 N–H and O–H groups in total. The molecule has 0 heterocycles. The van der Waals surface area contributed by atoms with Crippen LogP contribution in [0, 0.1) is 0 Å². The molecule has 0 saturated carbocycles. The first-order valence-electron chi connectivity index (χ1n) is 9.13. The molecule has 1 unspecified atom stereocenters.